The number of aromatic nitrogens is 1. The third kappa shape index (κ3) is 8.63. The van der Waals surface area contributed by atoms with Gasteiger partial charge in [-0.2, -0.15) is 0 Å². The number of aromatic amines is 1. The Balaban J connectivity index is 1.47. The lowest BCUT2D eigenvalue weighted by atomic mass is 9.95. The summed E-state index contributed by atoms with van der Waals surface area (Å²) in [5, 5.41) is 9.40. The monoisotopic (exact) mass is 638 g/mol. The second-order valence-electron chi connectivity index (χ2n) is 11.7. The highest BCUT2D eigenvalue weighted by atomic mass is 35.5. The molecule has 240 valence electrons. The van der Waals surface area contributed by atoms with Crippen molar-refractivity contribution in [3.8, 4) is 5.75 Å². The molecule has 3 aromatic rings. The van der Waals surface area contributed by atoms with Gasteiger partial charge in [-0.25, -0.2) is 0 Å². The molecule has 1 fully saturated rings. The van der Waals surface area contributed by atoms with Gasteiger partial charge in [0.05, 0.1) is 19.6 Å². The van der Waals surface area contributed by atoms with Gasteiger partial charge in [-0.05, 0) is 67.5 Å². The van der Waals surface area contributed by atoms with Crippen LogP contribution in [0.1, 0.15) is 54.7 Å². The van der Waals surface area contributed by atoms with Crippen molar-refractivity contribution < 1.29 is 33.4 Å². The minimum absolute atomic E-state index is 0.0211. The number of ketones is 1. The number of esters is 1. The zero-order chi connectivity index (χ0) is 32.7. The van der Waals surface area contributed by atoms with Gasteiger partial charge in [-0.15, -0.1) is 0 Å². The Morgan fingerprint density at radius 2 is 1.82 bits per heavy atom. The van der Waals surface area contributed by atoms with Crippen molar-refractivity contribution in [2.75, 3.05) is 20.3 Å². The minimum Gasteiger partial charge on any atom is -0.496 e. The van der Waals surface area contributed by atoms with Crippen LogP contribution in [0.5, 0.6) is 5.75 Å². The summed E-state index contributed by atoms with van der Waals surface area (Å²) in [4.78, 5) is 68.3. The molecular formula is C33H39ClN4O7. The predicted octanol–water partition coefficient (Wildman–Crippen LogP) is 3.65. The highest BCUT2D eigenvalue weighted by Crippen LogP contribution is 2.26. The number of halogens is 1. The van der Waals surface area contributed by atoms with Crippen molar-refractivity contribution in [3.63, 3.8) is 0 Å². The minimum atomic E-state index is -1.12. The first-order valence-corrected chi connectivity index (χ1v) is 15.3. The maximum atomic E-state index is 13.6. The van der Waals surface area contributed by atoms with Crippen LogP contribution in [-0.4, -0.2) is 66.8 Å². The number of ether oxygens (including phenoxy) is 2. The fourth-order valence-corrected chi connectivity index (χ4v) is 5.69. The van der Waals surface area contributed by atoms with E-state index in [0.29, 0.717) is 34.8 Å². The number of aryl methyl sites for hydroxylation is 1. The van der Waals surface area contributed by atoms with Gasteiger partial charge in [0.2, 0.25) is 11.8 Å². The van der Waals surface area contributed by atoms with Crippen LogP contribution >= 0.6 is 11.6 Å². The molecule has 1 saturated heterocycles. The van der Waals surface area contributed by atoms with Gasteiger partial charge < -0.3 is 30.4 Å². The smallest absolute Gasteiger partial charge is 0.310 e. The van der Waals surface area contributed by atoms with Crippen molar-refractivity contribution in [1.29, 1.82) is 0 Å². The zero-order valence-corrected chi connectivity index (χ0v) is 26.6. The number of hydrogen-bond donors (Lipinski definition) is 4. The van der Waals surface area contributed by atoms with Gasteiger partial charge >= 0.3 is 5.97 Å². The summed E-state index contributed by atoms with van der Waals surface area (Å²) in [5.41, 5.74) is 2.36. The number of methoxy groups -OCH3 is 1. The van der Waals surface area contributed by atoms with Crippen molar-refractivity contribution in [2.24, 2.45) is 11.8 Å². The van der Waals surface area contributed by atoms with Gasteiger partial charge in [-0.3, -0.25) is 24.0 Å². The summed E-state index contributed by atoms with van der Waals surface area (Å²) in [6.07, 6.45) is 0.697. The number of carbonyl (C=O) groups is 5. The maximum Gasteiger partial charge on any atom is 0.310 e. The molecule has 4 N–H and O–H groups in total. The number of H-pyrrole nitrogens is 1. The van der Waals surface area contributed by atoms with E-state index in [1.165, 1.54) is 7.11 Å². The van der Waals surface area contributed by atoms with E-state index in [2.05, 4.69) is 20.9 Å². The molecular weight excluding hydrogens is 600 g/mol. The summed E-state index contributed by atoms with van der Waals surface area (Å²) in [6.45, 7) is 5.50. The Hall–Kier alpha value is -4.38. The molecule has 1 aliphatic rings. The summed E-state index contributed by atoms with van der Waals surface area (Å²) in [7, 11) is 1.54. The van der Waals surface area contributed by atoms with E-state index >= 15 is 0 Å². The van der Waals surface area contributed by atoms with Crippen molar-refractivity contribution in [3.05, 3.63) is 64.3 Å². The number of nitrogens with one attached hydrogen (secondary N) is 4. The van der Waals surface area contributed by atoms with Crippen LogP contribution < -0.4 is 20.7 Å². The van der Waals surface area contributed by atoms with Gasteiger partial charge in [0.15, 0.2) is 12.4 Å². The van der Waals surface area contributed by atoms with Crippen LogP contribution in [0.25, 0.3) is 10.9 Å². The second kappa shape index (κ2) is 15.1. The number of amides is 3. The lowest BCUT2D eigenvalue weighted by molar-refractivity contribution is -0.148. The Bertz CT molecular complexity index is 1560. The van der Waals surface area contributed by atoms with Gasteiger partial charge in [0.1, 0.15) is 17.5 Å². The summed E-state index contributed by atoms with van der Waals surface area (Å²) < 4.78 is 10.7. The van der Waals surface area contributed by atoms with Crippen LogP contribution in [0.3, 0.4) is 0 Å². The fourth-order valence-electron chi connectivity index (χ4n) is 5.40. The fraction of sp³-hybridized carbons (Fsp3) is 0.424. The number of carbonyl (C=O) groups excluding carboxylic acids is 5. The molecule has 0 saturated carbocycles. The van der Waals surface area contributed by atoms with Crippen molar-refractivity contribution >= 4 is 52.0 Å². The number of benzene rings is 2. The van der Waals surface area contributed by atoms with E-state index < -0.39 is 48.2 Å². The van der Waals surface area contributed by atoms with Crippen LogP contribution in [0.15, 0.2) is 42.5 Å². The molecule has 45 heavy (non-hydrogen) atoms. The standard InChI is InChI=1S/C33H39ClN4O7/c1-18(2)13-26(38-33(43)27-15-22-24(36-27)9-6-10-29(22)44-4)32(42)37-25(14-20-11-12-35-31(20)41)28(39)17-45-30(40)16-21-19(3)7-5-8-23(21)34/h5-10,15,18,20,25-26,36H,11-14,16-17H2,1-4H3,(H,35,41)(H,37,42)(H,38,43)/t20-,25-,26-/m0/s1. The summed E-state index contributed by atoms with van der Waals surface area (Å²) in [6, 6.07) is 10.2. The molecule has 0 spiro atoms. The number of Topliss-reactive ketones (excluding diaryl/α,β-unsaturated/α-hetero) is 1. The highest BCUT2D eigenvalue weighted by Gasteiger charge is 2.34. The van der Waals surface area contributed by atoms with Crippen LogP contribution in [-0.2, 0) is 30.3 Å². The van der Waals surface area contributed by atoms with E-state index in [1.54, 1.807) is 30.3 Å². The molecule has 1 aromatic heterocycles. The first-order valence-electron chi connectivity index (χ1n) is 14.9. The zero-order valence-electron chi connectivity index (χ0n) is 25.8. The van der Waals surface area contributed by atoms with Crippen LogP contribution in [0, 0.1) is 18.8 Å². The summed E-state index contributed by atoms with van der Waals surface area (Å²) >= 11 is 6.23. The van der Waals surface area contributed by atoms with E-state index in [-0.39, 0.29) is 36.8 Å². The molecule has 0 aliphatic carbocycles. The van der Waals surface area contributed by atoms with E-state index in [1.807, 2.05) is 32.9 Å². The quantitative estimate of drug-likeness (QED) is 0.196. The lowest BCUT2D eigenvalue weighted by Gasteiger charge is -2.25. The molecule has 2 aromatic carbocycles. The summed E-state index contributed by atoms with van der Waals surface area (Å²) in [5.74, 6) is -2.40. The van der Waals surface area contributed by atoms with Crippen molar-refractivity contribution in [1.82, 2.24) is 20.9 Å². The lowest BCUT2D eigenvalue weighted by Crippen LogP contribution is -2.53. The molecule has 0 radical (unpaired) electrons. The first kappa shape index (κ1) is 33.5. The third-order valence-corrected chi connectivity index (χ3v) is 8.21. The normalized spacial score (nSPS) is 15.8. The molecule has 3 amide bonds. The van der Waals surface area contributed by atoms with Crippen molar-refractivity contribution in [2.45, 2.75) is 58.5 Å². The van der Waals surface area contributed by atoms with Gasteiger partial charge in [-0.1, -0.05) is 43.6 Å². The Kier molecular flexibility index (Phi) is 11.2. The Morgan fingerprint density at radius 3 is 2.49 bits per heavy atom. The Morgan fingerprint density at radius 1 is 1.07 bits per heavy atom. The topological polar surface area (TPSA) is 156 Å². The average molecular weight is 639 g/mol. The molecule has 4 rings (SSSR count). The number of hydrogen-bond acceptors (Lipinski definition) is 7. The van der Waals surface area contributed by atoms with Crippen LogP contribution in [0.4, 0.5) is 0 Å². The SMILES string of the molecule is COc1cccc2[nH]c(C(=O)N[C@@H](CC(C)C)C(=O)N[C@@H](C[C@@H]3CCNC3=O)C(=O)COC(=O)Cc3c(C)cccc3Cl)cc12. The maximum absolute atomic E-state index is 13.6. The van der Waals surface area contributed by atoms with E-state index in [9.17, 15) is 24.0 Å². The molecule has 0 unspecified atom stereocenters. The third-order valence-electron chi connectivity index (χ3n) is 7.86. The van der Waals surface area contributed by atoms with E-state index in [4.69, 9.17) is 21.1 Å². The number of fused-ring (bicyclic) bond motifs is 1. The van der Waals surface area contributed by atoms with Gasteiger partial charge in [0, 0.05) is 28.4 Å². The number of rotatable bonds is 14. The molecule has 12 heteroatoms. The molecule has 2 heterocycles. The Labute approximate surface area is 266 Å². The highest BCUT2D eigenvalue weighted by molar-refractivity contribution is 6.31. The average Bonchev–Trinajstić information content (AvgIpc) is 3.62. The molecule has 11 nitrogen and oxygen atoms in total. The molecule has 1 aliphatic heterocycles. The van der Waals surface area contributed by atoms with E-state index in [0.717, 1.165) is 10.9 Å². The molecule has 0 bridgehead atoms. The first-order chi connectivity index (χ1) is 21.5. The van der Waals surface area contributed by atoms with Crippen LogP contribution in [0.2, 0.25) is 5.02 Å². The largest absolute Gasteiger partial charge is 0.496 e. The molecule has 3 atom stereocenters. The van der Waals surface area contributed by atoms with Gasteiger partial charge in [0.25, 0.3) is 5.91 Å². The predicted molar refractivity (Wildman–Crippen MR) is 169 cm³/mol. The second-order valence-corrected chi connectivity index (χ2v) is 12.1.